The maximum Gasteiger partial charge on any atom is 0.0449 e. The van der Waals surface area contributed by atoms with E-state index >= 15 is 0 Å². The van der Waals surface area contributed by atoms with E-state index in [2.05, 4.69) is 61.3 Å². The second-order valence-corrected chi connectivity index (χ2v) is 6.03. The van der Waals surface area contributed by atoms with E-state index in [-0.39, 0.29) is 0 Å². The zero-order valence-electron chi connectivity index (χ0n) is 12.6. The van der Waals surface area contributed by atoms with Crippen molar-refractivity contribution in [3.8, 4) is 0 Å². The Morgan fingerprint density at radius 1 is 1.26 bits per heavy atom. The Kier molecular flexibility index (Phi) is 5.41. The van der Waals surface area contributed by atoms with Crippen LogP contribution in [-0.2, 0) is 0 Å². The van der Waals surface area contributed by atoms with E-state index in [4.69, 9.17) is 0 Å². The molecule has 1 heterocycles. The van der Waals surface area contributed by atoms with E-state index in [1.165, 1.54) is 24.9 Å². The molecule has 1 saturated heterocycles. The second kappa shape index (κ2) is 7.06. The van der Waals surface area contributed by atoms with Crippen molar-refractivity contribution >= 4 is 0 Å². The summed E-state index contributed by atoms with van der Waals surface area (Å²) in [6.07, 6.45) is 2.59. The lowest BCUT2D eigenvalue weighted by Gasteiger charge is -2.42. The predicted octanol–water partition coefficient (Wildman–Crippen LogP) is 3.46. The smallest absolute Gasteiger partial charge is 0.0449 e. The molecule has 2 atom stereocenters. The molecule has 0 aliphatic carbocycles. The summed E-state index contributed by atoms with van der Waals surface area (Å²) >= 11 is 0. The van der Waals surface area contributed by atoms with E-state index in [1.54, 1.807) is 0 Å². The highest BCUT2D eigenvalue weighted by Crippen LogP contribution is 2.23. The topological polar surface area (TPSA) is 15.3 Å². The molecule has 19 heavy (non-hydrogen) atoms. The van der Waals surface area contributed by atoms with Gasteiger partial charge in [-0.1, -0.05) is 57.5 Å². The summed E-state index contributed by atoms with van der Waals surface area (Å²) in [6, 6.07) is 12.0. The van der Waals surface area contributed by atoms with E-state index in [0.29, 0.717) is 12.1 Å². The summed E-state index contributed by atoms with van der Waals surface area (Å²) in [5.41, 5.74) is 1.42. The summed E-state index contributed by atoms with van der Waals surface area (Å²) in [5, 5.41) is 3.73. The van der Waals surface area contributed by atoms with Crippen molar-refractivity contribution in [2.24, 2.45) is 5.92 Å². The van der Waals surface area contributed by atoms with Crippen LogP contribution in [-0.4, -0.2) is 30.6 Å². The van der Waals surface area contributed by atoms with Crippen LogP contribution in [0.1, 0.15) is 45.2 Å². The van der Waals surface area contributed by atoms with Crippen molar-refractivity contribution in [3.63, 3.8) is 0 Å². The molecule has 0 spiro atoms. The SMILES string of the molecule is CCCCN1CC(c2ccccc2)NCC1C(C)C. The first-order valence-electron chi connectivity index (χ1n) is 7.74. The van der Waals surface area contributed by atoms with Gasteiger partial charge < -0.3 is 5.32 Å². The van der Waals surface area contributed by atoms with Crippen LogP contribution in [0, 0.1) is 5.92 Å². The van der Waals surface area contributed by atoms with E-state index in [1.807, 2.05) is 0 Å². The average Bonchev–Trinajstić information content (AvgIpc) is 2.45. The van der Waals surface area contributed by atoms with Gasteiger partial charge in [0.15, 0.2) is 0 Å². The van der Waals surface area contributed by atoms with Gasteiger partial charge in [-0.25, -0.2) is 0 Å². The van der Waals surface area contributed by atoms with Crippen LogP contribution in [0.5, 0.6) is 0 Å². The van der Waals surface area contributed by atoms with Crippen molar-refractivity contribution in [3.05, 3.63) is 35.9 Å². The van der Waals surface area contributed by atoms with E-state index < -0.39 is 0 Å². The van der Waals surface area contributed by atoms with Crippen molar-refractivity contribution in [1.82, 2.24) is 10.2 Å². The zero-order valence-corrected chi connectivity index (χ0v) is 12.6. The third-order valence-electron chi connectivity index (χ3n) is 4.23. The fourth-order valence-corrected chi connectivity index (χ4v) is 3.01. The minimum atomic E-state index is 0.494. The Morgan fingerprint density at radius 2 is 2.00 bits per heavy atom. The summed E-state index contributed by atoms with van der Waals surface area (Å²) in [4.78, 5) is 2.70. The number of nitrogens with one attached hydrogen (secondary N) is 1. The van der Waals surface area contributed by atoms with Gasteiger partial charge in [-0.2, -0.15) is 0 Å². The summed E-state index contributed by atoms with van der Waals surface area (Å²) in [6.45, 7) is 10.5. The van der Waals surface area contributed by atoms with Gasteiger partial charge in [-0.15, -0.1) is 0 Å². The van der Waals surface area contributed by atoms with E-state index in [9.17, 15) is 0 Å². The van der Waals surface area contributed by atoms with Gasteiger partial charge >= 0.3 is 0 Å². The third kappa shape index (κ3) is 3.80. The van der Waals surface area contributed by atoms with Crippen LogP contribution in [0.25, 0.3) is 0 Å². The highest BCUT2D eigenvalue weighted by molar-refractivity contribution is 5.20. The maximum absolute atomic E-state index is 3.73. The quantitative estimate of drug-likeness (QED) is 0.872. The molecule has 0 aromatic heterocycles. The molecule has 1 N–H and O–H groups in total. The monoisotopic (exact) mass is 260 g/mol. The van der Waals surface area contributed by atoms with Gasteiger partial charge in [0.2, 0.25) is 0 Å². The summed E-state index contributed by atoms with van der Waals surface area (Å²) in [7, 11) is 0. The molecule has 0 bridgehead atoms. The Hall–Kier alpha value is -0.860. The summed E-state index contributed by atoms with van der Waals surface area (Å²) in [5.74, 6) is 0.723. The molecular weight excluding hydrogens is 232 g/mol. The first-order chi connectivity index (χ1) is 9.22. The molecule has 2 unspecified atom stereocenters. The van der Waals surface area contributed by atoms with Crippen LogP contribution < -0.4 is 5.32 Å². The van der Waals surface area contributed by atoms with Crippen LogP contribution in [0.4, 0.5) is 0 Å². The lowest BCUT2D eigenvalue weighted by molar-refractivity contribution is 0.0969. The minimum Gasteiger partial charge on any atom is -0.307 e. The lowest BCUT2D eigenvalue weighted by atomic mass is 9.95. The van der Waals surface area contributed by atoms with E-state index in [0.717, 1.165) is 19.0 Å². The first kappa shape index (κ1) is 14.5. The molecule has 0 amide bonds. The average molecular weight is 260 g/mol. The number of hydrogen-bond donors (Lipinski definition) is 1. The number of unbranched alkanes of at least 4 members (excludes halogenated alkanes) is 1. The second-order valence-electron chi connectivity index (χ2n) is 6.03. The largest absolute Gasteiger partial charge is 0.307 e. The molecule has 1 aliphatic heterocycles. The van der Waals surface area contributed by atoms with Crippen LogP contribution in [0.15, 0.2) is 30.3 Å². The molecule has 2 rings (SSSR count). The van der Waals surface area contributed by atoms with Crippen LogP contribution >= 0.6 is 0 Å². The molecule has 0 radical (unpaired) electrons. The number of benzene rings is 1. The summed E-state index contributed by atoms with van der Waals surface area (Å²) < 4.78 is 0. The Morgan fingerprint density at radius 3 is 2.63 bits per heavy atom. The predicted molar refractivity (Wildman–Crippen MR) is 82.3 cm³/mol. The third-order valence-corrected chi connectivity index (χ3v) is 4.23. The van der Waals surface area contributed by atoms with Crippen molar-refractivity contribution in [2.75, 3.05) is 19.6 Å². The molecule has 2 nitrogen and oxygen atoms in total. The molecule has 1 fully saturated rings. The van der Waals surface area contributed by atoms with Crippen LogP contribution in [0.2, 0.25) is 0 Å². The van der Waals surface area contributed by atoms with Gasteiger partial charge in [0.25, 0.3) is 0 Å². The first-order valence-corrected chi connectivity index (χ1v) is 7.74. The number of nitrogens with zero attached hydrogens (tertiary/aromatic N) is 1. The standard InChI is InChI=1S/C17H28N2/c1-4-5-11-19-13-16(15-9-7-6-8-10-15)18-12-17(19)14(2)3/h6-10,14,16-18H,4-5,11-13H2,1-3H3. The number of piperazine rings is 1. The lowest BCUT2D eigenvalue weighted by Crippen LogP contribution is -2.54. The number of hydrogen-bond acceptors (Lipinski definition) is 2. The molecule has 1 aromatic carbocycles. The van der Waals surface area contributed by atoms with Crippen molar-refractivity contribution < 1.29 is 0 Å². The van der Waals surface area contributed by atoms with Crippen LogP contribution in [0.3, 0.4) is 0 Å². The highest BCUT2D eigenvalue weighted by Gasteiger charge is 2.29. The van der Waals surface area contributed by atoms with Gasteiger partial charge in [-0.3, -0.25) is 4.90 Å². The van der Waals surface area contributed by atoms with Crippen molar-refractivity contribution in [2.45, 2.75) is 45.7 Å². The van der Waals surface area contributed by atoms with Gasteiger partial charge in [0.05, 0.1) is 0 Å². The van der Waals surface area contributed by atoms with Crippen molar-refractivity contribution in [1.29, 1.82) is 0 Å². The maximum atomic E-state index is 3.73. The molecule has 1 aromatic rings. The fourth-order valence-electron chi connectivity index (χ4n) is 3.01. The molecule has 1 aliphatic rings. The molecular formula is C17H28N2. The molecule has 106 valence electrons. The molecule has 2 heteroatoms. The van der Waals surface area contributed by atoms with Gasteiger partial charge in [0, 0.05) is 25.2 Å². The zero-order chi connectivity index (χ0) is 13.7. The Labute approximate surface area is 118 Å². The Bertz CT molecular complexity index is 361. The minimum absolute atomic E-state index is 0.494. The Balaban J connectivity index is 2.03. The molecule has 0 saturated carbocycles. The number of rotatable bonds is 5. The van der Waals surface area contributed by atoms with Gasteiger partial charge in [0.1, 0.15) is 0 Å². The highest BCUT2D eigenvalue weighted by atomic mass is 15.2. The van der Waals surface area contributed by atoms with Gasteiger partial charge in [-0.05, 0) is 24.4 Å². The fraction of sp³-hybridized carbons (Fsp3) is 0.647. The normalized spacial score (nSPS) is 24.8.